The molecule has 0 saturated heterocycles. The third-order valence-corrected chi connectivity index (χ3v) is 9.75. The van der Waals surface area contributed by atoms with E-state index in [-0.39, 0.29) is 17.6 Å². The Bertz CT molecular complexity index is 1070. The van der Waals surface area contributed by atoms with Crippen LogP contribution in [0.25, 0.3) is 0 Å². The highest BCUT2D eigenvalue weighted by molar-refractivity contribution is 7.92. The van der Waals surface area contributed by atoms with Crippen molar-refractivity contribution in [3.63, 3.8) is 0 Å². The van der Waals surface area contributed by atoms with Crippen molar-refractivity contribution in [2.24, 2.45) is 0 Å². The number of benzene rings is 2. The van der Waals surface area contributed by atoms with Crippen LogP contribution in [-0.2, 0) is 27.6 Å². The zero-order chi connectivity index (χ0) is 27.2. The first-order valence-corrected chi connectivity index (χ1v) is 15.7. The van der Waals surface area contributed by atoms with Gasteiger partial charge in [-0.15, -0.1) is 0 Å². The van der Waals surface area contributed by atoms with Crippen molar-refractivity contribution in [1.82, 2.24) is 5.32 Å². The summed E-state index contributed by atoms with van der Waals surface area (Å²) in [6.45, 7) is 2.43. The van der Waals surface area contributed by atoms with Crippen molar-refractivity contribution >= 4 is 9.84 Å². The zero-order valence-electron chi connectivity index (χ0n) is 22.5. The summed E-state index contributed by atoms with van der Waals surface area (Å²) in [5.41, 5.74) is 2.03. The summed E-state index contributed by atoms with van der Waals surface area (Å²) in [5.74, 6) is 0.0357. The Balaban J connectivity index is 1.19. The van der Waals surface area contributed by atoms with Crippen molar-refractivity contribution in [2.75, 3.05) is 26.3 Å². The molecule has 4 N–H and O–H groups in total. The van der Waals surface area contributed by atoms with Gasteiger partial charge in [-0.2, -0.15) is 0 Å². The van der Waals surface area contributed by atoms with E-state index in [1.165, 1.54) is 6.07 Å². The van der Waals surface area contributed by atoms with Gasteiger partial charge in [0.15, 0.2) is 9.84 Å². The fourth-order valence-corrected chi connectivity index (χ4v) is 7.21. The molecule has 0 aromatic heterocycles. The number of nitrogens with one attached hydrogen (secondary N) is 1. The number of aliphatic hydroxyl groups is 2. The molecule has 0 unspecified atom stereocenters. The fourth-order valence-electron chi connectivity index (χ4n) is 5.09. The van der Waals surface area contributed by atoms with Crippen molar-refractivity contribution < 1.29 is 28.5 Å². The van der Waals surface area contributed by atoms with Gasteiger partial charge in [-0.1, -0.05) is 49.9 Å². The lowest BCUT2D eigenvalue weighted by atomic mass is 10.1. The molecule has 0 spiro atoms. The maximum Gasteiger partial charge on any atom is 0.181 e. The number of unbranched alkanes of at least 4 members (excludes halogenated alkanes) is 4. The van der Waals surface area contributed by atoms with E-state index in [1.54, 1.807) is 18.2 Å². The molecule has 0 radical (unpaired) electrons. The van der Waals surface area contributed by atoms with E-state index in [2.05, 4.69) is 5.32 Å². The van der Waals surface area contributed by atoms with Crippen LogP contribution in [0.3, 0.4) is 0 Å². The molecule has 1 aliphatic rings. The minimum Gasteiger partial charge on any atom is -0.508 e. The Morgan fingerprint density at radius 2 is 1.63 bits per heavy atom. The molecular formula is C30H45NO6S. The lowest BCUT2D eigenvalue weighted by molar-refractivity contribution is 0.126. The van der Waals surface area contributed by atoms with Crippen molar-refractivity contribution in [3.8, 4) is 5.75 Å². The largest absolute Gasteiger partial charge is 0.508 e. The molecule has 0 heterocycles. The zero-order valence-corrected chi connectivity index (χ0v) is 23.3. The number of rotatable bonds is 18. The van der Waals surface area contributed by atoms with E-state index in [0.717, 1.165) is 89.3 Å². The van der Waals surface area contributed by atoms with E-state index in [1.807, 2.05) is 18.2 Å². The van der Waals surface area contributed by atoms with E-state index < -0.39 is 15.9 Å². The number of ether oxygens (including phenoxy) is 1. The third-order valence-electron chi connectivity index (χ3n) is 7.39. The van der Waals surface area contributed by atoms with Crippen LogP contribution in [0.4, 0.5) is 0 Å². The summed E-state index contributed by atoms with van der Waals surface area (Å²) in [6.07, 6.45) is 9.75. The van der Waals surface area contributed by atoms with Crippen LogP contribution in [0.1, 0.15) is 87.0 Å². The number of aliphatic hydroxyl groups excluding tert-OH is 2. The molecule has 8 heteroatoms. The first-order chi connectivity index (χ1) is 18.4. The average molecular weight is 548 g/mol. The molecule has 1 aliphatic carbocycles. The third kappa shape index (κ3) is 9.35. The molecule has 1 atom stereocenters. The summed E-state index contributed by atoms with van der Waals surface area (Å²) in [5, 5.41) is 32.2. The van der Waals surface area contributed by atoms with E-state index in [4.69, 9.17) is 4.74 Å². The van der Waals surface area contributed by atoms with Crippen molar-refractivity contribution in [1.29, 1.82) is 0 Å². The Hall–Kier alpha value is -1.97. The van der Waals surface area contributed by atoms with Crippen LogP contribution in [0.15, 0.2) is 47.4 Å². The van der Waals surface area contributed by atoms with Crippen LogP contribution < -0.4 is 5.32 Å². The summed E-state index contributed by atoms with van der Waals surface area (Å²) in [4.78, 5) is 0.535. The highest BCUT2D eigenvalue weighted by Crippen LogP contribution is 2.31. The van der Waals surface area contributed by atoms with Crippen LogP contribution in [-0.4, -0.2) is 55.3 Å². The van der Waals surface area contributed by atoms with Crippen molar-refractivity contribution in [3.05, 3.63) is 59.2 Å². The molecule has 212 valence electrons. The van der Waals surface area contributed by atoms with Crippen LogP contribution in [0, 0.1) is 0 Å². The predicted octanol–water partition coefficient (Wildman–Crippen LogP) is 4.82. The fraction of sp³-hybridized carbons (Fsp3) is 0.600. The maximum absolute atomic E-state index is 13.0. The second kappa shape index (κ2) is 16.2. The summed E-state index contributed by atoms with van der Waals surface area (Å²) >= 11 is 0. The van der Waals surface area contributed by atoms with Gasteiger partial charge >= 0.3 is 0 Å². The van der Waals surface area contributed by atoms with Gasteiger partial charge in [0.2, 0.25) is 0 Å². The van der Waals surface area contributed by atoms with E-state index in [9.17, 15) is 23.7 Å². The first-order valence-electron chi connectivity index (χ1n) is 14.1. The molecule has 0 aliphatic heterocycles. The van der Waals surface area contributed by atoms with Gasteiger partial charge < -0.3 is 25.4 Å². The standard InChI is InChI=1S/C30H45NO6S/c32-23-26-21-25(16-17-28(26)33)29(34)22-31-18-8-1-2-9-19-37-20-10-7-12-24-11-3-6-15-30(24)38(35,36)27-13-4-5-14-27/h3,6,11,15-17,21,27,29,31-34H,1-2,4-5,7-10,12-14,18-20,22-23H2/t29-/m0/s1. The van der Waals surface area contributed by atoms with Gasteiger partial charge in [0.25, 0.3) is 0 Å². The normalized spacial score (nSPS) is 15.2. The smallest absolute Gasteiger partial charge is 0.181 e. The summed E-state index contributed by atoms with van der Waals surface area (Å²) in [7, 11) is -3.22. The number of phenols is 1. The predicted molar refractivity (Wildman–Crippen MR) is 150 cm³/mol. The Morgan fingerprint density at radius 3 is 2.39 bits per heavy atom. The highest BCUT2D eigenvalue weighted by atomic mass is 32.2. The van der Waals surface area contributed by atoms with Crippen LogP contribution in [0.2, 0.25) is 0 Å². The van der Waals surface area contributed by atoms with Gasteiger partial charge in [-0.25, -0.2) is 8.42 Å². The number of hydrogen-bond donors (Lipinski definition) is 4. The highest BCUT2D eigenvalue weighted by Gasteiger charge is 2.31. The van der Waals surface area contributed by atoms with Gasteiger partial charge in [-0.05, 0) is 80.8 Å². The average Bonchev–Trinajstić information content (AvgIpc) is 3.48. The van der Waals surface area contributed by atoms with Gasteiger partial charge in [0.05, 0.1) is 22.9 Å². The molecule has 2 aromatic rings. The first kappa shape index (κ1) is 30.6. The van der Waals surface area contributed by atoms with Crippen LogP contribution in [0.5, 0.6) is 5.75 Å². The molecule has 0 bridgehead atoms. The molecule has 0 amide bonds. The molecule has 1 fully saturated rings. The second-order valence-electron chi connectivity index (χ2n) is 10.3. The van der Waals surface area contributed by atoms with E-state index >= 15 is 0 Å². The van der Waals surface area contributed by atoms with E-state index in [0.29, 0.717) is 29.2 Å². The summed E-state index contributed by atoms with van der Waals surface area (Å²) in [6, 6.07) is 12.3. The topological polar surface area (TPSA) is 116 Å². The Labute approximate surface area is 228 Å². The second-order valence-corrected chi connectivity index (χ2v) is 12.5. The minimum atomic E-state index is -3.22. The lowest BCUT2D eigenvalue weighted by Crippen LogP contribution is -2.22. The Morgan fingerprint density at radius 1 is 0.921 bits per heavy atom. The van der Waals surface area contributed by atoms with Crippen LogP contribution >= 0.6 is 0 Å². The molecule has 7 nitrogen and oxygen atoms in total. The maximum atomic E-state index is 13.0. The van der Waals surface area contributed by atoms with Gasteiger partial charge in [0, 0.05) is 25.3 Å². The number of aryl methyl sites for hydroxylation is 1. The Kier molecular flexibility index (Phi) is 13.0. The van der Waals surface area contributed by atoms with Crippen molar-refractivity contribution in [2.45, 2.75) is 93.5 Å². The lowest BCUT2D eigenvalue weighted by Gasteiger charge is -2.15. The summed E-state index contributed by atoms with van der Waals surface area (Å²) < 4.78 is 31.9. The van der Waals surface area contributed by atoms with Gasteiger partial charge in [-0.3, -0.25) is 0 Å². The number of sulfone groups is 1. The monoisotopic (exact) mass is 547 g/mol. The molecule has 1 saturated carbocycles. The quantitative estimate of drug-likeness (QED) is 0.198. The molecule has 3 rings (SSSR count). The molecule has 38 heavy (non-hydrogen) atoms. The number of aromatic hydroxyl groups is 1. The SMILES string of the molecule is O=S(=O)(c1ccccc1CCCCOCCCCCCNC[C@H](O)c1ccc(O)c(CO)c1)C1CCCC1. The number of hydrogen-bond acceptors (Lipinski definition) is 7. The minimum absolute atomic E-state index is 0.0357. The van der Waals surface area contributed by atoms with Gasteiger partial charge in [0.1, 0.15) is 5.75 Å². The molecular weight excluding hydrogens is 502 g/mol. The molecule has 2 aromatic carbocycles.